The molecule has 9 nitrogen and oxygen atoms in total. The number of rotatable bonds is 10. The molecule has 0 unspecified atom stereocenters. The highest BCUT2D eigenvalue weighted by molar-refractivity contribution is 6.00. The van der Waals surface area contributed by atoms with Crippen molar-refractivity contribution < 1.29 is 19.5 Å². The van der Waals surface area contributed by atoms with Gasteiger partial charge in [-0.3, -0.25) is 9.59 Å². The Morgan fingerprint density at radius 3 is 2.46 bits per heavy atom. The maximum Gasteiger partial charge on any atom is 0.319 e. The number of aliphatic hydroxyl groups is 1. The first-order chi connectivity index (χ1) is 19.6. The minimum atomic E-state index is -0.667. The van der Waals surface area contributed by atoms with Crippen molar-refractivity contribution in [3.05, 3.63) is 83.9 Å². The van der Waals surface area contributed by atoms with Gasteiger partial charge in [-0.25, -0.2) is 4.79 Å². The van der Waals surface area contributed by atoms with E-state index in [1.807, 2.05) is 72.8 Å². The number of benzene rings is 3. The van der Waals surface area contributed by atoms with Crippen molar-refractivity contribution in [1.29, 1.82) is 0 Å². The van der Waals surface area contributed by atoms with Crippen LogP contribution < -0.4 is 26.6 Å². The van der Waals surface area contributed by atoms with Crippen LogP contribution in [0, 0.1) is 0 Å². The molecule has 4 amide bonds. The molecule has 1 aliphatic rings. The van der Waals surface area contributed by atoms with Crippen molar-refractivity contribution in [2.75, 3.05) is 23.4 Å². The molecule has 0 radical (unpaired) electrons. The first kappa shape index (κ1) is 29.8. The van der Waals surface area contributed by atoms with Crippen LogP contribution in [0.3, 0.4) is 0 Å². The first-order valence-corrected chi connectivity index (χ1v) is 14.0. The number of para-hydroxylation sites is 2. The summed E-state index contributed by atoms with van der Waals surface area (Å²) < 4.78 is 0. The summed E-state index contributed by atoms with van der Waals surface area (Å²) in [7, 11) is 0. The van der Waals surface area contributed by atoms with Gasteiger partial charge in [-0.05, 0) is 61.9 Å². The molecular formula is C32H39N5O4. The number of carbonyl (C=O) groups excluding carboxylic acids is 3. The molecule has 216 valence electrons. The number of hydrogen-bond donors (Lipinski definition) is 5. The number of anilines is 2. The van der Waals surface area contributed by atoms with E-state index >= 15 is 0 Å². The van der Waals surface area contributed by atoms with E-state index in [4.69, 9.17) is 10.8 Å². The van der Waals surface area contributed by atoms with Crippen LogP contribution in [0.25, 0.3) is 11.1 Å². The van der Waals surface area contributed by atoms with Gasteiger partial charge >= 0.3 is 6.03 Å². The number of urea groups is 1. The third kappa shape index (κ3) is 8.15. The number of aryl methyl sites for hydroxylation is 1. The van der Waals surface area contributed by atoms with Gasteiger partial charge in [-0.15, -0.1) is 0 Å². The van der Waals surface area contributed by atoms with E-state index in [-0.39, 0.29) is 30.9 Å². The number of hydrogen-bond acceptors (Lipinski definition) is 5. The number of amides is 4. The Morgan fingerprint density at radius 2 is 1.73 bits per heavy atom. The number of fused-ring (bicyclic) bond motifs is 1. The molecule has 0 saturated heterocycles. The Hall–Kier alpha value is -4.21. The Kier molecular flexibility index (Phi) is 9.75. The smallest absolute Gasteiger partial charge is 0.319 e. The van der Waals surface area contributed by atoms with E-state index in [1.54, 1.807) is 18.7 Å². The van der Waals surface area contributed by atoms with Crippen LogP contribution in [-0.2, 0) is 22.6 Å². The summed E-state index contributed by atoms with van der Waals surface area (Å²) in [4.78, 5) is 40.5. The van der Waals surface area contributed by atoms with Crippen LogP contribution in [0.15, 0.2) is 72.8 Å². The number of nitrogens with two attached hydrogens (primary N) is 1. The standard InChI is InChI=1S/C32H39N5O4/c1-32(2,33)20-29(39)35-27-17-16-24-8-3-6-11-28(24)37(30(27)40)21-22-12-14-23(15-13-22)25-9-4-5-10-26(25)36-31(41)34-18-7-19-38/h3-6,8-15,27,38H,7,16-21,33H2,1-2H3,(H,35,39)(H2,34,36,41)/t27-/m1/s1. The summed E-state index contributed by atoms with van der Waals surface area (Å²) in [5, 5.41) is 17.5. The Morgan fingerprint density at radius 1 is 1.02 bits per heavy atom. The molecule has 1 heterocycles. The van der Waals surface area contributed by atoms with Crippen molar-refractivity contribution >= 4 is 29.2 Å². The number of nitrogens with one attached hydrogen (secondary N) is 3. The van der Waals surface area contributed by atoms with Crippen LogP contribution >= 0.6 is 0 Å². The summed E-state index contributed by atoms with van der Waals surface area (Å²) in [6.45, 7) is 4.32. The molecule has 4 rings (SSSR count). The summed E-state index contributed by atoms with van der Waals surface area (Å²) >= 11 is 0. The second-order valence-electron chi connectivity index (χ2n) is 11.1. The lowest BCUT2D eigenvalue weighted by atomic mass is 10.0. The molecule has 0 aromatic heterocycles. The molecule has 0 saturated carbocycles. The lowest BCUT2D eigenvalue weighted by Crippen LogP contribution is -2.49. The Labute approximate surface area is 241 Å². The van der Waals surface area contributed by atoms with Gasteiger partial charge in [0, 0.05) is 36.4 Å². The molecule has 1 aliphatic heterocycles. The molecule has 3 aromatic carbocycles. The minimum absolute atomic E-state index is 0.0136. The molecule has 0 bridgehead atoms. The van der Waals surface area contributed by atoms with E-state index in [0.717, 1.165) is 27.9 Å². The summed E-state index contributed by atoms with van der Waals surface area (Å²) in [5.74, 6) is -0.385. The van der Waals surface area contributed by atoms with Crippen molar-refractivity contribution in [2.24, 2.45) is 5.73 Å². The Balaban J connectivity index is 1.53. The van der Waals surface area contributed by atoms with Gasteiger partial charge in [0.2, 0.25) is 11.8 Å². The number of carbonyl (C=O) groups is 3. The van der Waals surface area contributed by atoms with Gasteiger partial charge in [-0.2, -0.15) is 0 Å². The molecule has 0 spiro atoms. The summed E-state index contributed by atoms with van der Waals surface area (Å²) in [6.07, 6.45) is 1.80. The highest BCUT2D eigenvalue weighted by Crippen LogP contribution is 2.31. The van der Waals surface area contributed by atoms with Gasteiger partial charge in [0.25, 0.3) is 0 Å². The molecule has 41 heavy (non-hydrogen) atoms. The normalized spacial score (nSPS) is 15.1. The molecule has 3 aromatic rings. The first-order valence-electron chi connectivity index (χ1n) is 14.0. The largest absolute Gasteiger partial charge is 0.396 e. The fraction of sp³-hybridized carbons (Fsp3) is 0.344. The fourth-order valence-electron chi connectivity index (χ4n) is 4.94. The van der Waals surface area contributed by atoms with E-state index < -0.39 is 11.6 Å². The van der Waals surface area contributed by atoms with Gasteiger partial charge in [0.15, 0.2) is 0 Å². The van der Waals surface area contributed by atoms with Gasteiger partial charge in [-0.1, -0.05) is 60.7 Å². The minimum Gasteiger partial charge on any atom is -0.396 e. The third-order valence-electron chi connectivity index (χ3n) is 6.90. The van der Waals surface area contributed by atoms with E-state index in [9.17, 15) is 14.4 Å². The summed E-state index contributed by atoms with van der Waals surface area (Å²) in [6, 6.07) is 22.3. The number of nitrogens with zero attached hydrogens (tertiary/aromatic N) is 1. The maximum atomic E-state index is 13.8. The highest BCUT2D eigenvalue weighted by atomic mass is 16.3. The van der Waals surface area contributed by atoms with Gasteiger partial charge < -0.3 is 31.7 Å². The van der Waals surface area contributed by atoms with E-state index in [1.165, 1.54) is 0 Å². The molecular weight excluding hydrogens is 518 g/mol. The molecule has 0 fully saturated rings. The molecule has 6 N–H and O–H groups in total. The zero-order chi connectivity index (χ0) is 29.4. The van der Waals surface area contributed by atoms with Crippen LogP contribution in [0.4, 0.5) is 16.2 Å². The van der Waals surface area contributed by atoms with Crippen LogP contribution in [0.2, 0.25) is 0 Å². The quantitative estimate of drug-likeness (QED) is 0.241. The SMILES string of the molecule is CC(C)(N)CC(=O)N[C@@H]1CCc2ccccc2N(Cc2ccc(-c3ccccc3NC(=O)NCCCO)cc2)C1=O. The fourth-order valence-corrected chi connectivity index (χ4v) is 4.94. The van der Waals surface area contributed by atoms with E-state index in [2.05, 4.69) is 16.0 Å². The predicted octanol–water partition coefficient (Wildman–Crippen LogP) is 3.95. The van der Waals surface area contributed by atoms with Crippen molar-refractivity contribution in [1.82, 2.24) is 10.6 Å². The number of aliphatic hydroxyl groups excluding tert-OH is 1. The lowest BCUT2D eigenvalue weighted by molar-refractivity contribution is -0.128. The average Bonchev–Trinajstić information content (AvgIpc) is 3.05. The topological polar surface area (TPSA) is 137 Å². The van der Waals surface area contributed by atoms with Crippen molar-refractivity contribution in [3.63, 3.8) is 0 Å². The lowest BCUT2D eigenvalue weighted by Gasteiger charge is -2.27. The monoisotopic (exact) mass is 557 g/mol. The maximum absolute atomic E-state index is 13.8. The average molecular weight is 558 g/mol. The third-order valence-corrected chi connectivity index (χ3v) is 6.90. The van der Waals surface area contributed by atoms with Crippen LogP contribution in [0.5, 0.6) is 0 Å². The van der Waals surface area contributed by atoms with E-state index in [0.29, 0.717) is 38.0 Å². The van der Waals surface area contributed by atoms with Crippen LogP contribution in [0.1, 0.15) is 44.2 Å². The Bertz CT molecular complexity index is 1370. The van der Waals surface area contributed by atoms with Crippen molar-refractivity contribution in [2.45, 2.75) is 57.7 Å². The highest BCUT2D eigenvalue weighted by Gasteiger charge is 2.32. The molecule has 0 aliphatic carbocycles. The second-order valence-corrected chi connectivity index (χ2v) is 11.1. The van der Waals surface area contributed by atoms with Crippen molar-refractivity contribution in [3.8, 4) is 11.1 Å². The molecule has 1 atom stereocenters. The van der Waals surface area contributed by atoms with Gasteiger partial charge in [0.1, 0.15) is 6.04 Å². The zero-order valence-electron chi connectivity index (χ0n) is 23.7. The van der Waals surface area contributed by atoms with Crippen LogP contribution in [-0.4, -0.2) is 47.7 Å². The predicted molar refractivity (Wildman–Crippen MR) is 161 cm³/mol. The zero-order valence-corrected chi connectivity index (χ0v) is 23.7. The molecule has 9 heteroatoms. The second kappa shape index (κ2) is 13.4. The van der Waals surface area contributed by atoms with Gasteiger partial charge in [0.05, 0.1) is 12.2 Å². The summed E-state index contributed by atoms with van der Waals surface area (Å²) in [5.41, 5.74) is 10.6.